The molecule has 5 heteroatoms. The summed E-state index contributed by atoms with van der Waals surface area (Å²) in [6.45, 7) is 1.98. The molecular weight excluding hydrogens is 228 g/mol. The van der Waals surface area contributed by atoms with E-state index in [1.54, 1.807) is 6.07 Å². The van der Waals surface area contributed by atoms with Crippen LogP contribution in [0.4, 0.5) is 0 Å². The smallest absolute Gasteiger partial charge is 0.251 e. The summed E-state index contributed by atoms with van der Waals surface area (Å²) in [6.07, 6.45) is 3.01. The second-order valence-electron chi connectivity index (χ2n) is 3.50. The van der Waals surface area contributed by atoms with Gasteiger partial charge in [0.2, 0.25) is 5.56 Å². The molecular formula is C11H15ClN2O2. The van der Waals surface area contributed by atoms with Crippen molar-refractivity contribution in [1.29, 1.82) is 0 Å². The molecule has 0 radical (unpaired) electrons. The Bertz CT molecular complexity index is 403. The van der Waals surface area contributed by atoms with Crippen LogP contribution < -0.4 is 10.9 Å². The fraction of sp³-hybridized carbons (Fsp3) is 0.455. The zero-order valence-electron chi connectivity index (χ0n) is 9.13. The van der Waals surface area contributed by atoms with Gasteiger partial charge in [0.1, 0.15) is 0 Å². The average molecular weight is 243 g/mol. The first kappa shape index (κ1) is 12.8. The molecule has 1 amide bonds. The molecule has 4 nitrogen and oxygen atoms in total. The third-order valence-corrected chi connectivity index (χ3v) is 2.54. The van der Waals surface area contributed by atoms with Gasteiger partial charge in [-0.05, 0) is 18.9 Å². The van der Waals surface area contributed by atoms with Crippen LogP contribution in [0.1, 0.15) is 30.1 Å². The number of alkyl halides is 1. The topological polar surface area (TPSA) is 62.0 Å². The van der Waals surface area contributed by atoms with Gasteiger partial charge in [-0.2, -0.15) is 0 Å². The highest BCUT2D eigenvalue weighted by Crippen LogP contribution is 2.02. The van der Waals surface area contributed by atoms with Crippen molar-refractivity contribution in [2.24, 2.45) is 0 Å². The number of carbonyl (C=O) groups is 1. The Kier molecular flexibility index (Phi) is 5.05. The van der Waals surface area contributed by atoms with Crippen LogP contribution in [-0.2, 0) is 0 Å². The summed E-state index contributed by atoms with van der Waals surface area (Å²) in [7, 11) is 0. The quantitative estimate of drug-likeness (QED) is 0.769. The molecule has 1 aromatic rings. The SMILES string of the molecule is CCC(CCCl)NC(=O)c1cc[nH]c(=O)c1. The highest BCUT2D eigenvalue weighted by atomic mass is 35.5. The number of aromatic amines is 1. The summed E-state index contributed by atoms with van der Waals surface area (Å²) in [5.74, 6) is 0.275. The maximum atomic E-state index is 11.7. The van der Waals surface area contributed by atoms with E-state index in [0.717, 1.165) is 12.8 Å². The minimum atomic E-state index is -0.280. The van der Waals surface area contributed by atoms with E-state index >= 15 is 0 Å². The van der Waals surface area contributed by atoms with Gasteiger partial charge in [0, 0.05) is 29.7 Å². The van der Waals surface area contributed by atoms with Gasteiger partial charge in [0.25, 0.3) is 5.91 Å². The standard InChI is InChI=1S/C11H15ClN2O2/c1-2-9(3-5-12)14-11(16)8-4-6-13-10(15)7-8/h4,6-7,9H,2-3,5H2,1H3,(H,13,15)(H,14,16). The molecule has 0 fully saturated rings. The van der Waals surface area contributed by atoms with Crippen LogP contribution in [0.5, 0.6) is 0 Å². The lowest BCUT2D eigenvalue weighted by Gasteiger charge is -2.15. The first-order valence-corrected chi connectivity index (χ1v) is 5.76. The fourth-order valence-electron chi connectivity index (χ4n) is 1.36. The van der Waals surface area contributed by atoms with Crippen molar-refractivity contribution in [2.45, 2.75) is 25.8 Å². The Morgan fingerprint density at radius 2 is 2.38 bits per heavy atom. The summed E-state index contributed by atoms with van der Waals surface area (Å²) in [5, 5.41) is 2.83. The second-order valence-corrected chi connectivity index (χ2v) is 3.88. The van der Waals surface area contributed by atoms with Gasteiger partial charge < -0.3 is 10.3 Å². The average Bonchev–Trinajstić information content (AvgIpc) is 2.28. The van der Waals surface area contributed by atoms with Gasteiger partial charge in [-0.25, -0.2) is 0 Å². The van der Waals surface area contributed by atoms with Crippen molar-refractivity contribution in [2.75, 3.05) is 5.88 Å². The number of rotatable bonds is 5. The Labute approximate surface area is 99.0 Å². The molecule has 0 aliphatic heterocycles. The maximum absolute atomic E-state index is 11.7. The Morgan fingerprint density at radius 1 is 1.62 bits per heavy atom. The molecule has 0 saturated carbocycles. The Hall–Kier alpha value is -1.29. The van der Waals surface area contributed by atoms with Crippen LogP contribution in [0.3, 0.4) is 0 Å². The van der Waals surface area contributed by atoms with Gasteiger partial charge >= 0.3 is 0 Å². The first-order valence-electron chi connectivity index (χ1n) is 5.23. The monoisotopic (exact) mass is 242 g/mol. The van der Waals surface area contributed by atoms with E-state index < -0.39 is 0 Å². The zero-order chi connectivity index (χ0) is 12.0. The number of aromatic nitrogens is 1. The molecule has 1 atom stereocenters. The van der Waals surface area contributed by atoms with Crippen LogP contribution in [-0.4, -0.2) is 22.8 Å². The highest BCUT2D eigenvalue weighted by Gasteiger charge is 2.11. The minimum absolute atomic E-state index is 0.0595. The van der Waals surface area contributed by atoms with E-state index in [0.29, 0.717) is 11.4 Å². The number of nitrogens with one attached hydrogen (secondary N) is 2. The number of H-pyrrole nitrogens is 1. The summed E-state index contributed by atoms with van der Waals surface area (Å²) in [5.41, 5.74) is 0.0924. The molecule has 0 aromatic carbocycles. The van der Waals surface area contributed by atoms with E-state index in [2.05, 4.69) is 10.3 Å². The van der Waals surface area contributed by atoms with Crippen molar-refractivity contribution < 1.29 is 4.79 Å². The predicted molar refractivity (Wildman–Crippen MR) is 63.9 cm³/mol. The highest BCUT2D eigenvalue weighted by molar-refractivity contribution is 6.17. The molecule has 1 unspecified atom stereocenters. The van der Waals surface area contributed by atoms with Crippen molar-refractivity contribution in [3.63, 3.8) is 0 Å². The lowest BCUT2D eigenvalue weighted by Crippen LogP contribution is -2.35. The largest absolute Gasteiger partial charge is 0.349 e. The van der Waals surface area contributed by atoms with Crippen molar-refractivity contribution >= 4 is 17.5 Å². The molecule has 88 valence electrons. The summed E-state index contributed by atoms with van der Waals surface area (Å²) < 4.78 is 0. The van der Waals surface area contributed by atoms with E-state index in [9.17, 15) is 9.59 Å². The van der Waals surface area contributed by atoms with Gasteiger partial charge in [-0.1, -0.05) is 6.92 Å². The van der Waals surface area contributed by atoms with Crippen LogP contribution in [0.2, 0.25) is 0 Å². The first-order chi connectivity index (χ1) is 7.67. The molecule has 0 saturated heterocycles. The fourth-order valence-corrected chi connectivity index (χ4v) is 1.63. The van der Waals surface area contributed by atoms with E-state index in [-0.39, 0.29) is 17.5 Å². The zero-order valence-corrected chi connectivity index (χ0v) is 9.88. The molecule has 1 aromatic heterocycles. The Balaban J connectivity index is 2.67. The predicted octanol–water partition coefficient (Wildman–Crippen LogP) is 1.51. The van der Waals surface area contributed by atoms with E-state index in [1.165, 1.54) is 12.3 Å². The molecule has 2 N–H and O–H groups in total. The Morgan fingerprint density at radius 3 is 2.94 bits per heavy atom. The van der Waals surface area contributed by atoms with Crippen LogP contribution in [0.15, 0.2) is 23.1 Å². The van der Waals surface area contributed by atoms with Gasteiger partial charge in [0.15, 0.2) is 0 Å². The number of hydrogen-bond acceptors (Lipinski definition) is 2. The summed E-state index contributed by atoms with van der Waals surface area (Å²) >= 11 is 5.62. The summed E-state index contributed by atoms with van der Waals surface area (Å²) in [6, 6.07) is 2.91. The molecule has 1 heterocycles. The number of pyridine rings is 1. The molecule has 0 spiro atoms. The molecule has 1 rings (SSSR count). The van der Waals surface area contributed by atoms with Crippen molar-refractivity contribution in [3.05, 3.63) is 34.2 Å². The lowest BCUT2D eigenvalue weighted by molar-refractivity contribution is 0.0935. The summed E-state index contributed by atoms with van der Waals surface area (Å²) in [4.78, 5) is 25.2. The van der Waals surface area contributed by atoms with Crippen molar-refractivity contribution in [3.8, 4) is 0 Å². The van der Waals surface area contributed by atoms with E-state index in [4.69, 9.17) is 11.6 Å². The molecule has 0 aliphatic carbocycles. The van der Waals surface area contributed by atoms with Gasteiger partial charge in [0.05, 0.1) is 0 Å². The number of hydrogen-bond donors (Lipinski definition) is 2. The molecule has 16 heavy (non-hydrogen) atoms. The number of amides is 1. The molecule has 0 bridgehead atoms. The maximum Gasteiger partial charge on any atom is 0.251 e. The van der Waals surface area contributed by atoms with Gasteiger partial charge in [-0.15, -0.1) is 11.6 Å². The van der Waals surface area contributed by atoms with Gasteiger partial charge in [-0.3, -0.25) is 9.59 Å². The third-order valence-electron chi connectivity index (χ3n) is 2.32. The van der Waals surface area contributed by atoms with Crippen LogP contribution in [0.25, 0.3) is 0 Å². The van der Waals surface area contributed by atoms with Crippen molar-refractivity contribution in [1.82, 2.24) is 10.3 Å². The minimum Gasteiger partial charge on any atom is -0.349 e. The number of carbonyl (C=O) groups excluding carboxylic acids is 1. The van der Waals surface area contributed by atoms with E-state index in [1.807, 2.05) is 6.92 Å². The third kappa shape index (κ3) is 3.70. The lowest BCUT2D eigenvalue weighted by atomic mass is 10.1. The van der Waals surface area contributed by atoms with Crippen LogP contribution >= 0.6 is 11.6 Å². The van der Waals surface area contributed by atoms with Crippen LogP contribution in [0, 0.1) is 0 Å². The normalized spacial score (nSPS) is 12.1. The number of halogens is 1. The molecule has 0 aliphatic rings. The second kappa shape index (κ2) is 6.33.